The summed E-state index contributed by atoms with van der Waals surface area (Å²) in [5.74, 6) is 0.977. The van der Waals surface area contributed by atoms with Crippen molar-refractivity contribution in [3.63, 3.8) is 0 Å². The van der Waals surface area contributed by atoms with Gasteiger partial charge < -0.3 is 9.42 Å². The van der Waals surface area contributed by atoms with E-state index in [-0.39, 0.29) is 11.7 Å². The summed E-state index contributed by atoms with van der Waals surface area (Å²) < 4.78 is 18.2. The van der Waals surface area contributed by atoms with Gasteiger partial charge in [-0.05, 0) is 30.7 Å². The first-order valence-corrected chi connectivity index (χ1v) is 8.24. The SMILES string of the molecule is CCCc1noc(CN2CCN(C(=O)c3ccc(F)cc3)CC2)n1. The molecule has 6 nitrogen and oxygen atoms in total. The number of benzene rings is 1. The van der Waals surface area contributed by atoms with E-state index in [0.29, 0.717) is 31.1 Å². The predicted octanol–water partition coefficient (Wildman–Crippen LogP) is 2.12. The third kappa shape index (κ3) is 3.97. The summed E-state index contributed by atoms with van der Waals surface area (Å²) in [6, 6.07) is 5.68. The Labute approximate surface area is 140 Å². The molecule has 0 atom stereocenters. The Balaban J connectivity index is 1.51. The Morgan fingerprint density at radius 2 is 1.92 bits per heavy atom. The normalized spacial score (nSPS) is 15.7. The van der Waals surface area contributed by atoms with Crippen LogP contribution in [0.4, 0.5) is 4.39 Å². The standard InChI is InChI=1S/C17H21FN4O2/c1-2-3-15-19-16(24-20-15)12-21-8-10-22(11-9-21)17(23)13-4-6-14(18)7-5-13/h4-7H,2-3,8-12H2,1H3. The van der Waals surface area contributed by atoms with E-state index < -0.39 is 0 Å². The molecule has 0 spiro atoms. The molecule has 0 bridgehead atoms. The summed E-state index contributed by atoms with van der Waals surface area (Å²) in [6.45, 7) is 5.44. The number of amides is 1. The smallest absolute Gasteiger partial charge is 0.253 e. The van der Waals surface area contributed by atoms with Crippen molar-refractivity contribution < 1.29 is 13.7 Å². The number of piperazine rings is 1. The molecule has 0 radical (unpaired) electrons. The molecule has 2 aromatic rings. The lowest BCUT2D eigenvalue weighted by molar-refractivity contribution is 0.0615. The van der Waals surface area contributed by atoms with Crippen LogP contribution in [0.25, 0.3) is 0 Å². The molecule has 1 amide bonds. The summed E-state index contributed by atoms with van der Waals surface area (Å²) in [5, 5.41) is 3.95. The Morgan fingerprint density at radius 1 is 1.21 bits per heavy atom. The first-order valence-electron chi connectivity index (χ1n) is 8.24. The van der Waals surface area contributed by atoms with Crippen molar-refractivity contribution in [3.05, 3.63) is 47.4 Å². The van der Waals surface area contributed by atoms with Gasteiger partial charge in [-0.15, -0.1) is 0 Å². The van der Waals surface area contributed by atoms with E-state index in [1.165, 1.54) is 24.3 Å². The Kier molecular flexibility index (Phi) is 5.20. The van der Waals surface area contributed by atoms with Gasteiger partial charge in [-0.25, -0.2) is 4.39 Å². The third-order valence-electron chi connectivity index (χ3n) is 4.09. The van der Waals surface area contributed by atoms with Crippen LogP contribution in [0.3, 0.4) is 0 Å². The molecule has 24 heavy (non-hydrogen) atoms. The molecule has 1 aromatic heterocycles. The number of halogens is 1. The zero-order valence-electron chi connectivity index (χ0n) is 13.7. The lowest BCUT2D eigenvalue weighted by Gasteiger charge is -2.34. The van der Waals surface area contributed by atoms with Gasteiger partial charge in [0.1, 0.15) is 5.82 Å². The number of hydrogen-bond acceptors (Lipinski definition) is 5. The van der Waals surface area contributed by atoms with Crippen molar-refractivity contribution in [2.24, 2.45) is 0 Å². The van der Waals surface area contributed by atoms with E-state index in [2.05, 4.69) is 22.0 Å². The number of aromatic nitrogens is 2. The highest BCUT2D eigenvalue weighted by atomic mass is 19.1. The van der Waals surface area contributed by atoms with E-state index in [4.69, 9.17) is 4.52 Å². The molecule has 1 aliphatic rings. The van der Waals surface area contributed by atoms with Crippen molar-refractivity contribution in [2.75, 3.05) is 26.2 Å². The van der Waals surface area contributed by atoms with E-state index in [0.717, 1.165) is 31.8 Å². The topological polar surface area (TPSA) is 62.5 Å². The molecule has 0 saturated carbocycles. The van der Waals surface area contributed by atoms with Crippen LogP contribution in [0.15, 0.2) is 28.8 Å². The van der Waals surface area contributed by atoms with E-state index >= 15 is 0 Å². The first-order chi connectivity index (χ1) is 11.7. The molecule has 0 unspecified atom stereocenters. The van der Waals surface area contributed by atoms with Gasteiger partial charge in [-0.3, -0.25) is 9.69 Å². The van der Waals surface area contributed by atoms with Gasteiger partial charge in [-0.1, -0.05) is 12.1 Å². The van der Waals surface area contributed by atoms with Crippen LogP contribution in [0.5, 0.6) is 0 Å². The summed E-state index contributed by atoms with van der Waals surface area (Å²) in [6.07, 6.45) is 1.81. The van der Waals surface area contributed by atoms with Crippen molar-refractivity contribution >= 4 is 5.91 Å². The van der Waals surface area contributed by atoms with Crippen LogP contribution in [0, 0.1) is 5.82 Å². The minimum absolute atomic E-state index is 0.0577. The van der Waals surface area contributed by atoms with Crippen molar-refractivity contribution in [3.8, 4) is 0 Å². The fourth-order valence-corrected chi connectivity index (χ4v) is 2.75. The Bertz CT molecular complexity index is 678. The number of aryl methyl sites for hydroxylation is 1. The minimum atomic E-state index is -0.335. The van der Waals surface area contributed by atoms with Gasteiger partial charge in [0.15, 0.2) is 5.82 Å². The van der Waals surface area contributed by atoms with E-state index in [9.17, 15) is 9.18 Å². The second kappa shape index (κ2) is 7.53. The molecular formula is C17H21FN4O2. The zero-order valence-corrected chi connectivity index (χ0v) is 13.7. The second-order valence-electron chi connectivity index (χ2n) is 5.93. The molecule has 3 rings (SSSR count). The zero-order chi connectivity index (χ0) is 16.9. The van der Waals surface area contributed by atoms with Gasteiger partial charge in [-0.2, -0.15) is 4.98 Å². The second-order valence-corrected chi connectivity index (χ2v) is 5.93. The number of carbonyl (C=O) groups is 1. The maximum absolute atomic E-state index is 12.9. The quantitative estimate of drug-likeness (QED) is 0.839. The monoisotopic (exact) mass is 332 g/mol. The van der Waals surface area contributed by atoms with E-state index in [1.807, 2.05) is 0 Å². The van der Waals surface area contributed by atoms with Crippen LogP contribution in [0.2, 0.25) is 0 Å². The van der Waals surface area contributed by atoms with Gasteiger partial charge >= 0.3 is 0 Å². The number of carbonyl (C=O) groups excluding carboxylic acids is 1. The maximum atomic E-state index is 12.9. The highest BCUT2D eigenvalue weighted by Gasteiger charge is 2.23. The van der Waals surface area contributed by atoms with Gasteiger partial charge in [0.25, 0.3) is 5.91 Å². The highest BCUT2D eigenvalue weighted by Crippen LogP contribution is 2.12. The average Bonchev–Trinajstić information content (AvgIpc) is 3.03. The summed E-state index contributed by atoms with van der Waals surface area (Å²) >= 11 is 0. The van der Waals surface area contributed by atoms with Crippen LogP contribution in [-0.2, 0) is 13.0 Å². The van der Waals surface area contributed by atoms with Crippen LogP contribution in [-0.4, -0.2) is 52.0 Å². The molecule has 2 heterocycles. The van der Waals surface area contributed by atoms with Crippen LogP contribution < -0.4 is 0 Å². The van der Waals surface area contributed by atoms with Crippen molar-refractivity contribution in [2.45, 2.75) is 26.3 Å². The average molecular weight is 332 g/mol. The Hall–Kier alpha value is -2.28. The van der Waals surface area contributed by atoms with Crippen molar-refractivity contribution in [1.82, 2.24) is 19.9 Å². The fraction of sp³-hybridized carbons (Fsp3) is 0.471. The summed E-state index contributed by atoms with van der Waals surface area (Å²) in [4.78, 5) is 20.7. The fourth-order valence-electron chi connectivity index (χ4n) is 2.75. The molecular weight excluding hydrogens is 311 g/mol. The maximum Gasteiger partial charge on any atom is 0.253 e. The van der Waals surface area contributed by atoms with Crippen molar-refractivity contribution in [1.29, 1.82) is 0 Å². The molecule has 1 fully saturated rings. The number of hydrogen-bond donors (Lipinski definition) is 0. The largest absolute Gasteiger partial charge is 0.338 e. The molecule has 1 aliphatic heterocycles. The number of nitrogens with zero attached hydrogens (tertiary/aromatic N) is 4. The highest BCUT2D eigenvalue weighted by molar-refractivity contribution is 5.94. The molecule has 0 N–H and O–H groups in total. The summed E-state index contributed by atoms with van der Waals surface area (Å²) in [7, 11) is 0. The Morgan fingerprint density at radius 3 is 2.58 bits per heavy atom. The molecule has 128 valence electrons. The van der Waals surface area contributed by atoms with Gasteiger partial charge in [0, 0.05) is 38.2 Å². The third-order valence-corrected chi connectivity index (χ3v) is 4.09. The van der Waals surface area contributed by atoms with E-state index in [1.54, 1.807) is 4.90 Å². The lowest BCUT2D eigenvalue weighted by Crippen LogP contribution is -2.48. The van der Waals surface area contributed by atoms with Crippen LogP contribution >= 0.6 is 0 Å². The molecule has 0 aliphatic carbocycles. The number of rotatable bonds is 5. The molecule has 1 saturated heterocycles. The minimum Gasteiger partial charge on any atom is -0.338 e. The summed E-state index contributed by atoms with van der Waals surface area (Å²) in [5.41, 5.74) is 0.519. The molecule has 1 aromatic carbocycles. The van der Waals surface area contributed by atoms with Crippen LogP contribution in [0.1, 0.15) is 35.4 Å². The predicted molar refractivity (Wildman–Crippen MR) is 85.9 cm³/mol. The lowest BCUT2D eigenvalue weighted by atomic mass is 10.2. The molecule has 7 heteroatoms. The first kappa shape index (κ1) is 16.6. The van der Waals surface area contributed by atoms with Gasteiger partial charge in [0.05, 0.1) is 6.54 Å². The van der Waals surface area contributed by atoms with Gasteiger partial charge in [0.2, 0.25) is 5.89 Å².